The fourth-order valence-corrected chi connectivity index (χ4v) is 3.66. The molecule has 2 fully saturated rings. The van der Waals surface area contributed by atoms with Crippen molar-refractivity contribution in [2.75, 3.05) is 18.8 Å². The number of carbonyl (C=O) groups is 1. The van der Waals surface area contributed by atoms with Gasteiger partial charge in [0.05, 0.1) is 5.25 Å². The third-order valence-corrected chi connectivity index (χ3v) is 5.88. The molecule has 0 atom stereocenters. The van der Waals surface area contributed by atoms with E-state index in [9.17, 15) is 13.2 Å². The van der Waals surface area contributed by atoms with Crippen LogP contribution in [0.15, 0.2) is 0 Å². The molecule has 0 aromatic rings. The summed E-state index contributed by atoms with van der Waals surface area (Å²) in [4.78, 5) is 13.6. The van der Waals surface area contributed by atoms with E-state index >= 15 is 0 Å². The Morgan fingerprint density at radius 1 is 1.19 bits per heavy atom. The van der Waals surface area contributed by atoms with Crippen molar-refractivity contribution in [1.82, 2.24) is 4.90 Å². The zero-order valence-corrected chi connectivity index (χ0v) is 10.5. The Morgan fingerprint density at radius 2 is 1.75 bits per heavy atom. The van der Waals surface area contributed by atoms with Gasteiger partial charge in [0.25, 0.3) is 0 Å². The first-order valence-corrected chi connectivity index (χ1v) is 7.76. The number of likely N-dealkylation sites (tertiary alicyclic amines) is 1. The zero-order valence-electron chi connectivity index (χ0n) is 9.68. The highest BCUT2D eigenvalue weighted by atomic mass is 32.2. The van der Waals surface area contributed by atoms with Gasteiger partial charge in [-0.05, 0) is 25.7 Å². The molecule has 1 aliphatic heterocycles. The first kappa shape index (κ1) is 11.9. The minimum Gasteiger partial charge on any atom is -0.342 e. The van der Waals surface area contributed by atoms with Crippen LogP contribution in [-0.4, -0.2) is 43.3 Å². The van der Waals surface area contributed by atoms with Crippen LogP contribution >= 0.6 is 0 Å². The van der Waals surface area contributed by atoms with Gasteiger partial charge in [-0.25, -0.2) is 8.42 Å². The second-order valence-corrected chi connectivity index (χ2v) is 7.32. The van der Waals surface area contributed by atoms with Gasteiger partial charge in [0, 0.05) is 24.8 Å². The van der Waals surface area contributed by atoms with Crippen LogP contribution in [0.25, 0.3) is 0 Å². The molecule has 16 heavy (non-hydrogen) atoms. The molecule has 0 aromatic carbocycles. The van der Waals surface area contributed by atoms with Crippen LogP contribution in [0, 0.1) is 5.92 Å². The van der Waals surface area contributed by atoms with E-state index in [1.165, 1.54) is 0 Å². The number of rotatable bonds is 3. The number of hydrogen-bond donors (Lipinski definition) is 0. The fourth-order valence-electron chi connectivity index (χ4n) is 2.26. The molecule has 0 aromatic heterocycles. The molecule has 92 valence electrons. The predicted octanol–water partition coefficient (Wildman–Crippen LogP) is 0.822. The number of hydrogen-bond acceptors (Lipinski definition) is 3. The van der Waals surface area contributed by atoms with Crippen LogP contribution in [0.4, 0.5) is 0 Å². The second-order valence-electron chi connectivity index (χ2n) is 4.75. The minimum absolute atomic E-state index is 0.217. The van der Waals surface area contributed by atoms with Crippen LogP contribution in [0.2, 0.25) is 0 Å². The number of nitrogens with zero attached hydrogens (tertiary/aromatic N) is 1. The van der Waals surface area contributed by atoms with E-state index in [0.29, 0.717) is 25.9 Å². The molecule has 1 heterocycles. The predicted molar refractivity (Wildman–Crippen MR) is 61.8 cm³/mol. The molecule has 2 aliphatic rings. The van der Waals surface area contributed by atoms with E-state index < -0.39 is 9.84 Å². The molecular formula is C11H19NO3S. The van der Waals surface area contributed by atoms with Crippen LogP contribution in [0.3, 0.4) is 0 Å². The third kappa shape index (κ3) is 2.39. The summed E-state index contributed by atoms with van der Waals surface area (Å²) in [6.45, 7) is 2.94. The summed E-state index contributed by atoms with van der Waals surface area (Å²) < 4.78 is 23.3. The van der Waals surface area contributed by atoms with Crippen molar-refractivity contribution >= 4 is 15.7 Å². The average Bonchev–Trinajstić information content (AvgIpc) is 3.12. The Bertz CT molecular complexity index is 365. The van der Waals surface area contributed by atoms with Gasteiger partial charge in [-0.15, -0.1) is 0 Å². The lowest BCUT2D eigenvalue weighted by molar-refractivity contribution is -0.133. The molecule has 1 saturated heterocycles. The molecule has 2 rings (SSSR count). The number of carbonyl (C=O) groups excluding carboxylic acids is 1. The van der Waals surface area contributed by atoms with Crippen molar-refractivity contribution in [3.05, 3.63) is 0 Å². The van der Waals surface area contributed by atoms with Crippen LogP contribution in [0.5, 0.6) is 0 Å². The quantitative estimate of drug-likeness (QED) is 0.740. The maximum absolute atomic E-state index is 11.8. The SMILES string of the molecule is CCS(=O)(=O)C1CCN(C(=O)C2CC2)CC1. The van der Waals surface area contributed by atoms with Crippen molar-refractivity contribution in [1.29, 1.82) is 0 Å². The minimum atomic E-state index is -2.91. The molecule has 5 heteroatoms. The summed E-state index contributed by atoms with van der Waals surface area (Å²) in [5, 5.41) is -0.222. The van der Waals surface area contributed by atoms with Crippen molar-refractivity contribution in [3.63, 3.8) is 0 Å². The highest BCUT2D eigenvalue weighted by Crippen LogP contribution is 2.32. The average molecular weight is 245 g/mol. The highest BCUT2D eigenvalue weighted by molar-refractivity contribution is 7.92. The molecular weight excluding hydrogens is 226 g/mol. The monoisotopic (exact) mass is 245 g/mol. The van der Waals surface area contributed by atoms with Crippen LogP contribution in [-0.2, 0) is 14.6 Å². The summed E-state index contributed by atoms with van der Waals surface area (Å²) >= 11 is 0. The van der Waals surface area contributed by atoms with Gasteiger partial charge in [0.2, 0.25) is 5.91 Å². The molecule has 0 spiro atoms. The summed E-state index contributed by atoms with van der Waals surface area (Å²) in [5.41, 5.74) is 0. The lowest BCUT2D eigenvalue weighted by Crippen LogP contribution is -2.43. The molecule has 0 radical (unpaired) electrons. The molecule has 0 N–H and O–H groups in total. The van der Waals surface area contributed by atoms with Crippen molar-refractivity contribution in [3.8, 4) is 0 Å². The maximum atomic E-state index is 11.8. The van der Waals surface area contributed by atoms with E-state index in [2.05, 4.69) is 0 Å². The fraction of sp³-hybridized carbons (Fsp3) is 0.909. The number of amides is 1. The third-order valence-electron chi connectivity index (χ3n) is 3.59. The Balaban J connectivity index is 1.89. The van der Waals surface area contributed by atoms with Gasteiger partial charge >= 0.3 is 0 Å². The smallest absolute Gasteiger partial charge is 0.225 e. The molecule has 1 saturated carbocycles. The maximum Gasteiger partial charge on any atom is 0.225 e. The standard InChI is InChI=1S/C11H19NO3S/c1-2-16(14,15)10-5-7-12(8-6-10)11(13)9-3-4-9/h9-10H,2-8H2,1H3. The van der Waals surface area contributed by atoms with Crippen LogP contribution in [0.1, 0.15) is 32.6 Å². The Hall–Kier alpha value is -0.580. The van der Waals surface area contributed by atoms with Gasteiger partial charge < -0.3 is 4.90 Å². The number of sulfone groups is 1. The molecule has 1 aliphatic carbocycles. The first-order valence-electron chi connectivity index (χ1n) is 6.05. The Morgan fingerprint density at radius 3 is 2.19 bits per heavy atom. The zero-order chi connectivity index (χ0) is 11.8. The van der Waals surface area contributed by atoms with Crippen molar-refractivity contribution in [2.24, 2.45) is 5.92 Å². The largest absolute Gasteiger partial charge is 0.342 e. The van der Waals surface area contributed by atoms with Gasteiger partial charge in [-0.3, -0.25) is 4.79 Å². The van der Waals surface area contributed by atoms with Gasteiger partial charge in [-0.2, -0.15) is 0 Å². The van der Waals surface area contributed by atoms with Gasteiger partial charge in [0.15, 0.2) is 9.84 Å². The van der Waals surface area contributed by atoms with Gasteiger partial charge in [-0.1, -0.05) is 6.92 Å². The summed E-state index contributed by atoms with van der Waals surface area (Å²) in [5.74, 6) is 0.709. The molecule has 0 bridgehead atoms. The molecule has 4 nitrogen and oxygen atoms in total. The van der Waals surface area contributed by atoms with E-state index in [1.54, 1.807) is 6.92 Å². The Kier molecular flexibility index (Phi) is 3.24. The van der Waals surface area contributed by atoms with Crippen molar-refractivity contribution in [2.45, 2.75) is 37.9 Å². The highest BCUT2D eigenvalue weighted by Gasteiger charge is 2.36. The van der Waals surface area contributed by atoms with Gasteiger partial charge in [0.1, 0.15) is 0 Å². The van der Waals surface area contributed by atoms with E-state index in [4.69, 9.17) is 0 Å². The lowest BCUT2D eigenvalue weighted by atomic mass is 10.1. The topological polar surface area (TPSA) is 54.5 Å². The normalized spacial score (nSPS) is 23.4. The lowest BCUT2D eigenvalue weighted by Gasteiger charge is -2.31. The number of piperidine rings is 1. The second kappa shape index (κ2) is 4.35. The first-order chi connectivity index (χ1) is 7.54. The van der Waals surface area contributed by atoms with Crippen LogP contribution < -0.4 is 0 Å². The summed E-state index contributed by atoms with van der Waals surface area (Å²) in [6.07, 6.45) is 3.28. The summed E-state index contributed by atoms with van der Waals surface area (Å²) in [6, 6.07) is 0. The van der Waals surface area contributed by atoms with E-state index in [0.717, 1.165) is 12.8 Å². The summed E-state index contributed by atoms with van der Waals surface area (Å²) in [7, 11) is -2.91. The van der Waals surface area contributed by atoms with E-state index in [1.807, 2.05) is 4.90 Å². The van der Waals surface area contributed by atoms with Crippen molar-refractivity contribution < 1.29 is 13.2 Å². The van der Waals surface area contributed by atoms with E-state index in [-0.39, 0.29) is 22.8 Å². The molecule has 1 amide bonds. The molecule has 0 unspecified atom stereocenters. The Labute approximate surface area is 96.9 Å².